The van der Waals surface area contributed by atoms with Gasteiger partial charge in [0.1, 0.15) is 0 Å². The second kappa shape index (κ2) is 10.2. The van der Waals surface area contributed by atoms with Gasteiger partial charge in [-0.2, -0.15) is 0 Å². The Morgan fingerprint density at radius 3 is 2.12 bits per heavy atom. The van der Waals surface area contributed by atoms with E-state index in [0.29, 0.717) is 16.9 Å². The van der Waals surface area contributed by atoms with Crippen LogP contribution in [0.1, 0.15) is 15.2 Å². The maximum atomic E-state index is 12.8. The largest absolute Gasteiger partial charge is 0.356 e. The lowest BCUT2D eigenvalue weighted by molar-refractivity contribution is -0.111. The van der Waals surface area contributed by atoms with Gasteiger partial charge >= 0.3 is 0 Å². The third-order valence-corrected chi connectivity index (χ3v) is 5.41. The molecule has 0 saturated heterocycles. The van der Waals surface area contributed by atoms with E-state index in [-0.39, 0.29) is 11.8 Å². The minimum absolute atomic E-state index is 0.296. The van der Waals surface area contributed by atoms with Gasteiger partial charge in [0, 0.05) is 28.0 Å². The fraction of sp³-hybridized carbons (Fsp3) is 0. The molecule has 32 heavy (non-hydrogen) atoms. The van der Waals surface area contributed by atoms with Crippen LogP contribution >= 0.6 is 11.3 Å². The number of anilines is 4. The molecule has 0 aliphatic carbocycles. The average molecular weight is 440 g/mol. The van der Waals surface area contributed by atoms with Crippen LogP contribution in [0, 0.1) is 0 Å². The molecule has 5 nitrogen and oxygen atoms in total. The van der Waals surface area contributed by atoms with E-state index in [9.17, 15) is 9.59 Å². The summed E-state index contributed by atoms with van der Waals surface area (Å²) < 4.78 is 0. The Kier molecular flexibility index (Phi) is 6.75. The SMILES string of the molecule is O=C(C=Cc1cccs1)Nc1ccccc1C(=O)Nc1ccc(Nc2ccccc2)cc1. The summed E-state index contributed by atoms with van der Waals surface area (Å²) in [6, 6.07) is 28.1. The Bertz CT molecular complexity index is 1220. The standard InChI is InChI=1S/C26H21N3O2S/c30-25(17-16-22-9-6-18-32-22)29-24-11-5-4-10-23(24)26(31)28-21-14-12-20(13-15-21)27-19-7-2-1-3-8-19/h1-18,27H,(H,28,31)(H,29,30). The molecule has 0 atom stereocenters. The third kappa shape index (κ3) is 5.71. The molecular weight excluding hydrogens is 418 g/mol. The number of carbonyl (C=O) groups is 2. The highest BCUT2D eigenvalue weighted by Gasteiger charge is 2.12. The third-order valence-electron chi connectivity index (χ3n) is 4.58. The zero-order valence-electron chi connectivity index (χ0n) is 17.1. The van der Waals surface area contributed by atoms with Crippen molar-refractivity contribution in [1.82, 2.24) is 0 Å². The predicted molar refractivity (Wildman–Crippen MR) is 133 cm³/mol. The maximum absolute atomic E-state index is 12.8. The van der Waals surface area contributed by atoms with Gasteiger partial charge < -0.3 is 16.0 Å². The topological polar surface area (TPSA) is 70.2 Å². The van der Waals surface area contributed by atoms with Crippen LogP contribution in [0.4, 0.5) is 22.7 Å². The molecule has 1 aromatic heterocycles. The Balaban J connectivity index is 1.40. The van der Waals surface area contributed by atoms with E-state index in [1.54, 1.807) is 41.7 Å². The number of rotatable bonds is 7. The van der Waals surface area contributed by atoms with Gasteiger partial charge in [0.05, 0.1) is 11.3 Å². The number of carbonyl (C=O) groups excluding carboxylic acids is 2. The minimum atomic E-state index is -0.299. The highest BCUT2D eigenvalue weighted by atomic mass is 32.1. The molecule has 4 rings (SSSR count). The summed E-state index contributed by atoms with van der Waals surface area (Å²) in [5.41, 5.74) is 3.40. The van der Waals surface area contributed by atoms with Crippen LogP contribution in [0.25, 0.3) is 6.08 Å². The van der Waals surface area contributed by atoms with Crippen LogP contribution in [-0.2, 0) is 4.79 Å². The molecule has 0 bridgehead atoms. The Morgan fingerprint density at radius 1 is 0.688 bits per heavy atom. The van der Waals surface area contributed by atoms with Crippen molar-refractivity contribution in [3.8, 4) is 0 Å². The fourth-order valence-electron chi connectivity index (χ4n) is 3.03. The van der Waals surface area contributed by atoms with Crippen molar-refractivity contribution >= 4 is 52.0 Å². The second-order valence-corrected chi connectivity index (χ2v) is 7.89. The lowest BCUT2D eigenvalue weighted by Gasteiger charge is -2.11. The number of amides is 2. The number of para-hydroxylation sites is 2. The Morgan fingerprint density at radius 2 is 1.38 bits per heavy atom. The van der Waals surface area contributed by atoms with E-state index in [4.69, 9.17) is 0 Å². The van der Waals surface area contributed by atoms with Crippen LogP contribution < -0.4 is 16.0 Å². The Hall–Kier alpha value is -4.16. The van der Waals surface area contributed by atoms with E-state index in [1.807, 2.05) is 72.1 Å². The first kappa shape index (κ1) is 21.1. The molecule has 4 aromatic rings. The van der Waals surface area contributed by atoms with E-state index in [2.05, 4.69) is 16.0 Å². The van der Waals surface area contributed by atoms with Gasteiger partial charge in [-0.15, -0.1) is 11.3 Å². The fourth-order valence-corrected chi connectivity index (χ4v) is 3.65. The van der Waals surface area contributed by atoms with Crippen LogP contribution in [0.15, 0.2) is 102 Å². The molecule has 6 heteroatoms. The molecule has 0 saturated carbocycles. The van der Waals surface area contributed by atoms with Crippen molar-refractivity contribution in [2.75, 3.05) is 16.0 Å². The van der Waals surface area contributed by atoms with Gasteiger partial charge in [0.15, 0.2) is 0 Å². The van der Waals surface area contributed by atoms with Gasteiger partial charge in [-0.25, -0.2) is 0 Å². The molecule has 3 aromatic carbocycles. The summed E-state index contributed by atoms with van der Waals surface area (Å²) in [6.07, 6.45) is 3.20. The lowest BCUT2D eigenvalue weighted by atomic mass is 10.1. The first-order valence-electron chi connectivity index (χ1n) is 10.0. The molecular formula is C26H21N3O2S. The van der Waals surface area contributed by atoms with Crippen molar-refractivity contribution in [3.63, 3.8) is 0 Å². The molecule has 0 aliphatic rings. The Labute approximate surface area is 190 Å². The van der Waals surface area contributed by atoms with Crippen LogP contribution in [0.3, 0.4) is 0 Å². The molecule has 0 aliphatic heterocycles. The zero-order chi connectivity index (χ0) is 22.2. The first-order valence-corrected chi connectivity index (χ1v) is 10.9. The summed E-state index contributed by atoms with van der Waals surface area (Å²) in [4.78, 5) is 26.1. The first-order chi connectivity index (χ1) is 15.7. The van der Waals surface area contributed by atoms with Crippen LogP contribution in [-0.4, -0.2) is 11.8 Å². The predicted octanol–water partition coefficient (Wildman–Crippen LogP) is 6.40. The van der Waals surface area contributed by atoms with Crippen LogP contribution in [0.2, 0.25) is 0 Å². The molecule has 0 unspecified atom stereocenters. The number of benzene rings is 3. The van der Waals surface area contributed by atoms with E-state index in [0.717, 1.165) is 16.3 Å². The summed E-state index contributed by atoms with van der Waals surface area (Å²) in [5, 5.41) is 10.9. The number of nitrogens with one attached hydrogen (secondary N) is 3. The van der Waals surface area contributed by atoms with Gasteiger partial charge in [0.25, 0.3) is 5.91 Å². The molecule has 0 fully saturated rings. The smallest absolute Gasteiger partial charge is 0.257 e. The molecule has 3 N–H and O–H groups in total. The van der Waals surface area contributed by atoms with Crippen molar-refractivity contribution < 1.29 is 9.59 Å². The highest BCUT2D eigenvalue weighted by Crippen LogP contribution is 2.21. The average Bonchev–Trinajstić information content (AvgIpc) is 3.34. The van der Waals surface area contributed by atoms with Crippen LogP contribution in [0.5, 0.6) is 0 Å². The second-order valence-electron chi connectivity index (χ2n) is 6.91. The number of hydrogen-bond donors (Lipinski definition) is 3. The number of thiophene rings is 1. The van der Waals surface area contributed by atoms with Crippen molar-refractivity contribution in [2.45, 2.75) is 0 Å². The highest BCUT2D eigenvalue weighted by molar-refractivity contribution is 7.10. The zero-order valence-corrected chi connectivity index (χ0v) is 17.9. The van der Waals surface area contributed by atoms with Crippen molar-refractivity contribution in [1.29, 1.82) is 0 Å². The summed E-state index contributed by atoms with van der Waals surface area (Å²) in [6.45, 7) is 0. The minimum Gasteiger partial charge on any atom is -0.356 e. The van der Waals surface area contributed by atoms with Gasteiger partial charge in [-0.1, -0.05) is 36.4 Å². The van der Waals surface area contributed by atoms with Crippen molar-refractivity contribution in [2.24, 2.45) is 0 Å². The molecule has 0 spiro atoms. The molecule has 0 radical (unpaired) electrons. The normalized spacial score (nSPS) is 10.6. The quantitative estimate of drug-likeness (QED) is 0.292. The van der Waals surface area contributed by atoms with Crippen molar-refractivity contribution in [3.05, 3.63) is 113 Å². The van der Waals surface area contributed by atoms with E-state index < -0.39 is 0 Å². The molecule has 158 valence electrons. The van der Waals surface area contributed by atoms with E-state index >= 15 is 0 Å². The summed E-state index contributed by atoms with van der Waals surface area (Å²) in [7, 11) is 0. The van der Waals surface area contributed by atoms with E-state index in [1.165, 1.54) is 6.08 Å². The lowest BCUT2D eigenvalue weighted by Crippen LogP contribution is -2.17. The molecule has 2 amide bonds. The maximum Gasteiger partial charge on any atom is 0.257 e. The monoisotopic (exact) mass is 439 g/mol. The van der Waals surface area contributed by atoms with Gasteiger partial charge in [0.2, 0.25) is 5.91 Å². The summed E-state index contributed by atoms with van der Waals surface area (Å²) >= 11 is 1.55. The van der Waals surface area contributed by atoms with Gasteiger partial charge in [-0.3, -0.25) is 9.59 Å². The summed E-state index contributed by atoms with van der Waals surface area (Å²) in [5.74, 6) is -0.595. The van der Waals surface area contributed by atoms with Gasteiger partial charge in [-0.05, 0) is 66.1 Å². The number of hydrogen-bond acceptors (Lipinski definition) is 4. The molecule has 1 heterocycles.